The van der Waals surface area contributed by atoms with Gasteiger partial charge in [0.25, 0.3) is 0 Å². The van der Waals surface area contributed by atoms with Crippen LogP contribution in [0.4, 0.5) is 0 Å². The van der Waals surface area contributed by atoms with Crippen LogP contribution in [0.1, 0.15) is 11.1 Å². The van der Waals surface area contributed by atoms with E-state index >= 15 is 0 Å². The van der Waals surface area contributed by atoms with E-state index in [1.165, 1.54) is 76.8 Å². The molecule has 0 atom stereocenters. The van der Waals surface area contributed by atoms with Gasteiger partial charge in [-0.05, 0) is 96.1 Å². The van der Waals surface area contributed by atoms with Gasteiger partial charge in [0, 0.05) is 17.1 Å². The molecule has 0 N–H and O–H groups in total. The molecule has 9 rings (SSSR count). The third kappa shape index (κ3) is 3.82. The molecule has 200 valence electrons. The largest absolute Gasteiger partial charge is 0.256 e. The van der Waals surface area contributed by atoms with E-state index in [-0.39, 0.29) is 0 Å². The number of nitrogens with zero attached hydrogens (tertiary/aromatic N) is 1. The van der Waals surface area contributed by atoms with E-state index in [9.17, 15) is 0 Å². The minimum absolute atomic E-state index is 0.985. The molecular weight excluding hydrogens is 518 g/mol. The molecule has 0 fully saturated rings. The van der Waals surface area contributed by atoms with Gasteiger partial charge in [0.15, 0.2) is 0 Å². The second-order valence-corrected chi connectivity index (χ2v) is 11.5. The molecule has 1 aliphatic rings. The Bertz CT molecular complexity index is 2340. The first-order chi connectivity index (χ1) is 21.3. The minimum Gasteiger partial charge on any atom is -0.256 e. The summed E-state index contributed by atoms with van der Waals surface area (Å²) in [6.45, 7) is 0. The Labute approximate surface area is 250 Å². The van der Waals surface area contributed by atoms with E-state index in [1.807, 2.05) is 0 Å². The first-order valence-corrected chi connectivity index (χ1v) is 14.9. The third-order valence-electron chi connectivity index (χ3n) is 9.14. The second kappa shape index (κ2) is 9.51. The van der Waals surface area contributed by atoms with Crippen LogP contribution in [0.2, 0.25) is 0 Å². The van der Waals surface area contributed by atoms with Gasteiger partial charge in [-0.3, -0.25) is 4.98 Å². The Morgan fingerprint density at radius 2 is 0.907 bits per heavy atom. The molecule has 0 unspecified atom stereocenters. The Kier molecular flexibility index (Phi) is 5.33. The van der Waals surface area contributed by atoms with Crippen molar-refractivity contribution in [1.82, 2.24) is 4.98 Å². The molecule has 1 heteroatoms. The zero-order valence-electron chi connectivity index (χ0n) is 23.6. The van der Waals surface area contributed by atoms with Crippen LogP contribution in [0.25, 0.3) is 77.0 Å². The molecule has 0 spiro atoms. The number of hydrogen-bond donors (Lipinski definition) is 0. The molecule has 0 radical (unpaired) electrons. The van der Waals surface area contributed by atoms with Crippen molar-refractivity contribution in [3.63, 3.8) is 0 Å². The second-order valence-electron chi connectivity index (χ2n) is 11.5. The summed E-state index contributed by atoms with van der Waals surface area (Å²) < 4.78 is 0. The summed E-state index contributed by atoms with van der Waals surface area (Å²) in [5, 5.41) is 7.50. The Morgan fingerprint density at radius 3 is 1.67 bits per heavy atom. The van der Waals surface area contributed by atoms with Gasteiger partial charge in [0.2, 0.25) is 0 Å². The SMILES string of the molecule is c1cc(-c2cccc(-c3cccc4c3Cc3ccccc3-4)c2)cc(-c2cc3c4ccccc4c4ccccc4c3cn2)c1. The summed E-state index contributed by atoms with van der Waals surface area (Å²) >= 11 is 0. The van der Waals surface area contributed by atoms with Gasteiger partial charge in [-0.25, -0.2) is 0 Å². The number of hydrogen-bond acceptors (Lipinski definition) is 1. The van der Waals surface area contributed by atoms with Crippen molar-refractivity contribution in [3.05, 3.63) is 163 Å². The fraction of sp³-hybridized carbons (Fsp3) is 0.0238. The van der Waals surface area contributed by atoms with Crippen molar-refractivity contribution in [2.24, 2.45) is 0 Å². The summed E-state index contributed by atoms with van der Waals surface area (Å²) in [7, 11) is 0. The highest BCUT2D eigenvalue weighted by atomic mass is 14.7. The maximum atomic E-state index is 4.99. The van der Waals surface area contributed by atoms with Crippen molar-refractivity contribution < 1.29 is 0 Å². The summed E-state index contributed by atoms with van der Waals surface area (Å²) in [5.74, 6) is 0. The predicted octanol–water partition coefficient (Wildman–Crippen LogP) is 11.1. The van der Waals surface area contributed by atoms with Crippen molar-refractivity contribution in [2.75, 3.05) is 0 Å². The zero-order chi connectivity index (χ0) is 28.3. The Hall–Kier alpha value is -5.53. The van der Waals surface area contributed by atoms with Crippen LogP contribution in [0.3, 0.4) is 0 Å². The van der Waals surface area contributed by atoms with Crippen molar-refractivity contribution in [3.8, 4) is 44.6 Å². The number of fused-ring (bicyclic) bond motifs is 9. The molecular formula is C42H27N. The highest BCUT2D eigenvalue weighted by Crippen LogP contribution is 2.42. The van der Waals surface area contributed by atoms with Crippen molar-refractivity contribution >= 4 is 32.3 Å². The summed E-state index contributed by atoms with van der Waals surface area (Å²) in [4.78, 5) is 4.99. The van der Waals surface area contributed by atoms with Crippen LogP contribution < -0.4 is 0 Å². The molecule has 0 saturated heterocycles. The summed E-state index contributed by atoms with van der Waals surface area (Å²) in [6, 6.07) is 53.0. The monoisotopic (exact) mass is 545 g/mol. The Balaban J connectivity index is 1.14. The topological polar surface area (TPSA) is 12.9 Å². The van der Waals surface area contributed by atoms with E-state index in [2.05, 4.69) is 152 Å². The fourth-order valence-electron chi connectivity index (χ4n) is 7.11. The molecule has 0 bridgehead atoms. The van der Waals surface area contributed by atoms with E-state index in [4.69, 9.17) is 4.98 Å². The van der Waals surface area contributed by atoms with Gasteiger partial charge in [-0.2, -0.15) is 0 Å². The molecule has 0 saturated carbocycles. The van der Waals surface area contributed by atoms with E-state index in [1.54, 1.807) is 0 Å². The molecule has 8 aromatic rings. The van der Waals surface area contributed by atoms with Crippen LogP contribution in [0.5, 0.6) is 0 Å². The van der Waals surface area contributed by atoms with Crippen LogP contribution >= 0.6 is 0 Å². The van der Waals surface area contributed by atoms with Crippen molar-refractivity contribution in [1.29, 1.82) is 0 Å². The third-order valence-corrected chi connectivity index (χ3v) is 9.14. The van der Waals surface area contributed by atoms with Crippen LogP contribution in [-0.2, 0) is 6.42 Å². The standard InChI is InChI=1S/C42H27N/c1-2-15-32-30(10-1)24-39-33(20-9-21-34(32)39)29-13-7-11-27(22-29)28-12-8-14-31(23-28)42-25-40-37-18-5-3-16-35(37)36-17-4-6-19-38(36)41(40)26-43-42/h1-23,25-26H,24H2. The normalized spacial score (nSPS) is 12.1. The number of benzene rings is 7. The Morgan fingerprint density at radius 1 is 0.372 bits per heavy atom. The van der Waals surface area contributed by atoms with E-state index < -0.39 is 0 Å². The zero-order valence-corrected chi connectivity index (χ0v) is 23.6. The highest BCUT2D eigenvalue weighted by Gasteiger charge is 2.21. The van der Waals surface area contributed by atoms with Gasteiger partial charge < -0.3 is 0 Å². The van der Waals surface area contributed by atoms with E-state index in [0.717, 1.165) is 17.7 Å². The lowest BCUT2D eigenvalue weighted by atomic mass is 9.92. The van der Waals surface area contributed by atoms with Crippen molar-refractivity contribution in [2.45, 2.75) is 6.42 Å². The first kappa shape index (κ1) is 24.1. The molecule has 7 aromatic carbocycles. The van der Waals surface area contributed by atoms with Crippen LogP contribution in [0.15, 0.2) is 152 Å². The average Bonchev–Trinajstić information content (AvgIpc) is 3.47. The molecule has 43 heavy (non-hydrogen) atoms. The van der Waals surface area contributed by atoms with Gasteiger partial charge in [0.05, 0.1) is 5.69 Å². The lowest BCUT2D eigenvalue weighted by Gasteiger charge is -2.13. The maximum absolute atomic E-state index is 4.99. The van der Waals surface area contributed by atoms with E-state index in [0.29, 0.717) is 0 Å². The summed E-state index contributed by atoms with van der Waals surface area (Å²) in [6.07, 6.45) is 3.04. The first-order valence-electron chi connectivity index (χ1n) is 14.9. The smallest absolute Gasteiger partial charge is 0.0708 e. The lowest BCUT2D eigenvalue weighted by Crippen LogP contribution is -1.90. The molecule has 1 nitrogen and oxygen atoms in total. The quantitative estimate of drug-likeness (QED) is 0.201. The number of pyridine rings is 1. The minimum atomic E-state index is 0.985. The molecule has 0 amide bonds. The predicted molar refractivity (Wildman–Crippen MR) is 181 cm³/mol. The maximum Gasteiger partial charge on any atom is 0.0708 e. The molecule has 1 aromatic heterocycles. The highest BCUT2D eigenvalue weighted by molar-refractivity contribution is 6.25. The fourth-order valence-corrected chi connectivity index (χ4v) is 7.11. The number of aromatic nitrogens is 1. The van der Waals surface area contributed by atoms with Crippen LogP contribution in [-0.4, -0.2) is 4.98 Å². The van der Waals surface area contributed by atoms with Gasteiger partial charge in [0.1, 0.15) is 0 Å². The van der Waals surface area contributed by atoms with Gasteiger partial charge in [-0.1, -0.05) is 127 Å². The van der Waals surface area contributed by atoms with Gasteiger partial charge >= 0.3 is 0 Å². The molecule has 1 heterocycles. The average molecular weight is 546 g/mol. The summed E-state index contributed by atoms with van der Waals surface area (Å²) in [5.41, 5.74) is 12.7. The van der Waals surface area contributed by atoms with Gasteiger partial charge in [-0.15, -0.1) is 0 Å². The number of rotatable bonds is 3. The molecule has 1 aliphatic carbocycles. The van der Waals surface area contributed by atoms with Crippen LogP contribution in [0, 0.1) is 0 Å². The lowest BCUT2D eigenvalue weighted by molar-refractivity contribution is 1.26. The molecule has 0 aliphatic heterocycles.